The van der Waals surface area contributed by atoms with Crippen LogP contribution in [0.5, 0.6) is 0 Å². The van der Waals surface area contributed by atoms with E-state index in [2.05, 4.69) is 19.9 Å². The van der Waals surface area contributed by atoms with Crippen molar-refractivity contribution in [2.45, 2.75) is 171 Å². The SMILES string of the molecule is C[C@@H]1C[C@@H](O)[C@]2(OC1=O)O[C@H]1[C@H](O)[C@H]3[C@@H]4CC=C5C[C@@H](O[C@@H]6O[C@H](CO)[C@@H](O)[C@H](O)[C@H]6O[C@@H]6O[C@@H](C)[C@H](O)[C@@H](O)[C@H]6O)CC[C@]5(C)[C@H]4CC[C@]3(C)[C@H]1[C@@H]2C. The van der Waals surface area contributed by atoms with Crippen molar-refractivity contribution in [3.63, 3.8) is 0 Å². The first kappa shape index (κ1) is 39.5. The van der Waals surface area contributed by atoms with Gasteiger partial charge in [0.15, 0.2) is 12.6 Å². The molecule has 15 heteroatoms. The van der Waals surface area contributed by atoms with E-state index in [0.717, 1.165) is 25.7 Å². The highest BCUT2D eigenvalue weighted by Gasteiger charge is 2.74. The summed E-state index contributed by atoms with van der Waals surface area (Å²) in [4.78, 5) is 12.7. The molecule has 0 aromatic carbocycles. The van der Waals surface area contributed by atoms with E-state index in [1.807, 2.05) is 6.92 Å². The van der Waals surface area contributed by atoms with Crippen LogP contribution in [0, 0.1) is 46.3 Å². The predicted octanol–water partition coefficient (Wildman–Crippen LogP) is -0.142. The van der Waals surface area contributed by atoms with Gasteiger partial charge in [0.1, 0.15) is 48.8 Å². The summed E-state index contributed by atoms with van der Waals surface area (Å²) in [6, 6.07) is 0. The molecule has 0 aromatic rings. The van der Waals surface area contributed by atoms with Crippen LogP contribution < -0.4 is 0 Å². The zero-order valence-electron chi connectivity index (χ0n) is 31.7. The predicted molar refractivity (Wildman–Crippen MR) is 184 cm³/mol. The van der Waals surface area contributed by atoms with Crippen molar-refractivity contribution in [3.8, 4) is 0 Å². The first-order valence-electron chi connectivity index (χ1n) is 20.1. The lowest BCUT2D eigenvalue weighted by molar-refractivity contribution is -0.369. The van der Waals surface area contributed by atoms with Gasteiger partial charge in [-0.25, -0.2) is 0 Å². The van der Waals surface area contributed by atoms with E-state index in [1.54, 1.807) is 6.92 Å². The summed E-state index contributed by atoms with van der Waals surface area (Å²) in [7, 11) is 0. The van der Waals surface area contributed by atoms with Gasteiger partial charge in [0.05, 0.1) is 36.9 Å². The van der Waals surface area contributed by atoms with E-state index < -0.39 is 98.0 Å². The smallest absolute Gasteiger partial charge is 0.311 e. The highest BCUT2D eigenvalue weighted by atomic mass is 16.8. The average molecular weight is 769 g/mol. The molecule has 54 heavy (non-hydrogen) atoms. The van der Waals surface area contributed by atoms with Crippen LogP contribution in [0.25, 0.3) is 0 Å². The minimum absolute atomic E-state index is 0.0402. The second-order valence-corrected chi connectivity index (χ2v) is 18.4. The fourth-order valence-corrected chi connectivity index (χ4v) is 12.6. The van der Waals surface area contributed by atoms with Crippen molar-refractivity contribution < 1.29 is 74.1 Å². The molecule has 4 heterocycles. The lowest BCUT2D eigenvalue weighted by Gasteiger charge is -2.59. The topological polar surface area (TPSA) is 234 Å². The van der Waals surface area contributed by atoms with Gasteiger partial charge in [-0.05, 0) is 80.5 Å². The number of aliphatic hydroxyl groups is 8. The minimum Gasteiger partial charge on any atom is -0.430 e. The molecule has 0 radical (unpaired) electrons. The van der Waals surface area contributed by atoms with E-state index in [9.17, 15) is 45.6 Å². The molecule has 8 N–H and O–H groups in total. The Morgan fingerprint density at radius 2 is 1.57 bits per heavy atom. The van der Waals surface area contributed by atoms with Crippen LogP contribution in [0.1, 0.15) is 79.6 Å². The summed E-state index contributed by atoms with van der Waals surface area (Å²) in [5.41, 5.74) is 0.797. The third-order valence-corrected chi connectivity index (χ3v) is 15.6. The molecule has 23 atom stereocenters. The lowest BCUT2D eigenvalue weighted by Crippen LogP contribution is -2.64. The third kappa shape index (κ3) is 5.74. The van der Waals surface area contributed by atoms with Crippen molar-refractivity contribution in [1.29, 1.82) is 0 Å². The number of esters is 1. The molecular weight excluding hydrogens is 708 g/mol. The molecule has 4 aliphatic heterocycles. The van der Waals surface area contributed by atoms with Gasteiger partial charge in [0, 0.05) is 11.8 Å². The Hall–Kier alpha value is -1.31. The molecule has 0 amide bonds. The van der Waals surface area contributed by atoms with Gasteiger partial charge in [-0.15, -0.1) is 0 Å². The van der Waals surface area contributed by atoms with Gasteiger partial charge >= 0.3 is 5.97 Å². The summed E-state index contributed by atoms with van der Waals surface area (Å²) in [5.74, 6) is -2.18. The summed E-state index contributed by atoms with van der Waals surface area (Å²) in [5, 5.41) is 86.2. The molecule has 3 saturated carbocycles. The molecule has 0 unspecified atom stereocenters. The van der Waals surface area contributed by atoms with Crippen molar-refractivity contribution >= 4 is 5.97 Å². The average Bonchev–Trinajstić information content (AvgIpc) is 3.55. The van der Waals surface area contributed by atoms with Gasteiger partial charge < -0.3 is 69.3 Å². The number of aliphatic hydroxyl groups excluding tert-OH is 8. The molecule has 8 aliphatic rings. The van der Waals surface area contributed by atoms with E-state index in [-0.39, 0.29) is 53.0 Å². The van der Waals surface area contributed by atoms with Crippen molar-refractivity contribution in [2.75, 3.05) is 6.61 Å². The van der Waals surface area contributed by atoms with Crippen LogP contribution >= 0.6 is 0 Å². The number of carbonyl (C=O) groups is 1. The Kier molecular flexibility index (Phi) is 10.2. The molecule has 0 aromatic heterocycles. The molecule has 15 nitrogen and oxygen atoms in total. The fraction of sp³-hybridized carbons (Fsp3) is 0.923. The quantitative estimate of drug-likeness (QED) is 0.134. The summed E-state index contributed by atoms with van der Waals surface area (Å²) in [6.07, 6.45) is -9.42. The molecule has 7 fully saturated rings. The van der Waals surface area contributed by atoms with Gasteiger partial charge in [0.25, 0.3) is 0 Å². The number of allylic oxidation sites excluding steroid dienone is 1. The maximum absolute atomic E-state index is 12.7. The highest BCUT2D eigenvalue weighted by molar-refractivity contribution is 5.73. The van der Waals surface area contributed by atoms with E-state index >= 15 is 0 Å². The summed E-state index contributed by atoms with van der Waals surface area (Å²) in [6.45, 7) is 9.22. The van der Waals surface area contributed by atoms with E-state index in [0.29, 0.717) is 18.8 Å². The van der Waals surface area contributed by atoms with Crippen LogP contribution in [0.3, 0.4) is 0 Å². The maximum Gasteiger partial charge on any atom is 0.311 e. The van der Waals surface area contributed by atoms with Crippen LogP contribution in [-0.2, 0) is 33.2 Å². The Bertz CT molecular complexity index is 1460. The number of carbonyl (C=O) groups excluding carboxylic acids is 1. The van der Waals surface area contributed by atoms with Crippen molar-refractivity contribution in [3.05, 3.63) is 11.6 Å². The zero-order chi connectivity index (χ0) is 38.8. The van der Waals surface area contributed by atoms with Crippen molar-refractivity contribution in [2.24, 2.45) is 46.3 Å². The number of hydrogen-bond donors (Lipinski definition) is 8. The third-order valence-electron chi connectivity index (χ3n) is 15.6. The Labute approximate surface area is 315 Å². The van der Waals surface area contributed by atoms with Crippen molar-refractivity contribution in [1.82, 2.24) is 0 Å². The van der Waals surface area contributed by atoms with Gasteiger partial charge in [-0.2, -0.15) is 0 Å². The van der Waals surface area contributed by atoms with Crippen LogP contribution in [0.15, 0.2) is 11.6 Å². The van der Waals surface area contributed by atoms with Crippen LogP contribution in [0.2, 0.25) is 0 Å². The van der Waals surface area contributed by atoms with Crippen LogP contribution in [0.4, 0.5) is 0 Å². The molecule has 306 valence electrons. The number of ether oxygens (including phenoxy) is 6. The van der Waals surface area contributed by atoms with E-state index in [4.69, 9.17) is 28.4 Å². The highest BCUT2D eigenvalue weighted by Crippen LogP contribution is 2.70. The Balaban J connectivity index is 0.986. The first-order valence-corrected chi connectivity index (χ1v) is 20.1. The molecule has 8 rings (SSSR count). The summed E-state index contributed by atoms with van der Waals surface area (Å²) < 4.78 is 36.4. The largest absolute Gasteiger partial charge is 0.430 e. The van der Waals surface area contributed by atoms with Gasteiger partial charge in [-0.1, -0.05) is 39.3 Å². The summed E-state index contributed by atoms with van der Waals surface area (Å²) >= 11 is 0. The molecule has 4 aliphatic carbocycles. The molecular formula is C39H60O15. The van der Waals surface area contributed by atoms with Crippen LogP contribution in [-0.4, -0.2) is 145 Å². The standard InChI is InChI=1S/C39H60O15/c1-15-12-23(41)39(54-34(15)48)16(2)24-32(53-39)28(44)25-20-7-6-18-13-19(8-10-37(18,4)21(20)9-11-38(24,25)5)50-36-33(30(46)27(43)22(14-40)51-36)52-35-31(47)29(45)26(42)17(3)49-35/h6,15-17,19-33,35-36,40-47H,7-14H2,1-5H3/t15-,16+,17+,19+,20-,21+,22-,23-,24+,25-,26+,27-,28-,29-,30+,31-,32-,33-,35+,36-,37+,38-,39+/m1/s1. The second-order valence-electron chi connectivity index (χ2n) is 18.4. The monoisotopic (exact) mass is 768 g/mol. The number of fused-ring (bicyclic) bond motifs is 7. The number of rotatable bonds is 5. The van der Waals surface area contributed by atoms with Gasteiger partial charge in [-0.3, -0.25) is 4.79 Å². The second kappa shape index (κ2) is 13.9. The minimum atomic E-state index is -1.65. The fourth-order valence-electron chi connectivity index (χ4n) is 12.6. The number of hydrogen-bond acceptors (Lipinski definition) is 15. The molecule has 1 spiro atoms. The normalized spacial score (nSPS) is 58.5. The zero-order valence-corrected chi connectivity index (χ0v) is 31.7. The first-order chi connectivity index (χ1) is 25.5. The molecule has 4 saturated heterocycles. The maximum atomic E-state index is 12.7. The lowest BCUT2D eigenvalue weighted by atomic mass is 9.46. The molecule has 0 bridgehead atoms. The Morgan fingerprint density at radius 1 is 0.833 bits per heavy atom. The Morgan fingerprint density at radius 3 is 2.30 bits per heavy atom. The van der Waals surface area contributed by atoms with E-state index in [1.165, 1.54) is 12.5 Å². The van der Waals surface area contributed by atoms with Gasteiger partial charge in [0.2, 0.25) is 5.79 Å².